The average Bonchev–Trinajstić information content (AvgIpc) is 0. The SMILES string of the molecule is [Cd+2].[Mo].[O-2].[O-2].[O-2].[O-2]. The van der Waals surface area contributed by atoms with Crippen molar-refractivity contribution in [1.29, 1.82) is 0 Å². The van der Waals surface area contributed by atoms with Crippen LogP contribution in [0.3, 0.4) is 0 Å². The van der Waals surface area contributed by atoms with E-state index >= 15 is 0 Å². The topological polar surface area (TPSA) is 114 Å². The molecule has 0 N–H and O–H groups in total. The molecule has 4 nitrogen and oxygen atoms in total. The minimum absolute atomic E-state index is 0. The van der Waals surface area contributed by atoms with Crippen molar-refractivity contribution >= 4 is 0 Å². The van der Waals surface area contributed by atoms with Gasteiger partial charge in [0.1, 0.15) is 0 Å². The quantitative estimate of drug-likeness (QED) is 0.530. The second-order valence-electron chi connectivity index (χ2n) is 0. The van der Waals surface area contributed by atoms with Gasteiger partial charge in [0.2, 0.25) is 0 Å². The molecular weight excluding hydrogens is 272 g/mol. The summed E-state index contributed by atoms with van der Waals surface area (Å²) >= 11 is 0. The van der Waals surface area contributed by atoms with Crippen LogP contribution in [0.2, 0.25) is 0 Å². The Kier molecular flexibility index (Phi) is 2240. The van der Waals surface area contributed by atoms with E-state index in [1.54, 1.807) is 0 Å². The number of rotatable bonds is 0. The molecule has 0 heterocycles. The summed E-state index contributed by atoms with van der Waals surface area (Å²) < 4.78 is 0. The van der Waals surface area contributed by atoms with Crippen molar-refractivity contribution in [3.05, 3.63) is 0 Å². The Balaban J connectivity index is 0. The van der Waals surface area contributed by atoms with Crippen molar-refractivity contribution in [2.45, 2.75) is 0 Å². The van der Waals surface area contributed by atoms with E-state index < -0.39 is 0 Å². The molecule has 0 radical (unpaired) electrons. The first-order valence-electron chi connectivity index (χ1n) is 0. The fraction of sp³-hybridized carbons (Fsp3) is 0. The molecule has 0 saturated heterocycles. The third-order valence-corrected chi connectivity index (χ3v) is 0. The first-order valence-corrected chi connectivity index (χ1v) is 0. The molecule has 6 heavy (non-hydrogen) atoms. The molecular formula is CdMoO4-6. The van der Waals surface area contributed by atoms with Crippen LogP contribution in [0.4, 0.5) is 0 Å². The van der Waals surface area contributed by atoms with E-state index in [4.69, 9.17) is 0 Å². The van der Waals surface area contributed by atoms with E-state index in [-0.39, 0.29) is 70.3 Å². The fourth-order valence-corrected chi connectivity index (χ4v) is 0. The normalized spacial score (nSPS) is 0. The van der Waals surface area contributed by atoms with E-state index in [9.17, 15) is 0 Å². The van der Waals surface area contributed by atoms with Crippen LogP contribution in [-0.4, -0.2) is 0 Å². The zero-order valence-corrected chi connectivity index (χ0v) is 8.79. The van der Waals surface area contributed by atoms with Crippen molar-refractivity contribution < 1.29 is 70.3 Å². The predicted octanol–water partition coefficient (Wildman–Crippen LogP) is -0.480. The van der Waals surface area contributed by atoms with E-state index in [1.807, 2.05) is 0 Å². The zero-order chi connectivity index (χ0) is 0. The van der Waals surface area contributed by atoms with Gasteiger partial charge in [-0.2, -0.15) is 0 Å². The van der Waals surface area contributed by atoms with Crippen LogP contribution < -0.4 is 0 Å². The van der Waals surface area contributed by atoms with Crippen molar-refractivity contribution in [2.24, 2.45) is 0 Å². The van der Waals surface area contributed by atoms with Gasteiger partial charge in [0.25, 0.3) is 0 Å². The molecule has 0 unspecified atom stereocenters. The van der Waals surface area contributed by atoms with Gasteiger partial charge in [0, 0.05) is 21.1 Å². The van der Waals surface area contributed by atoms with E-state index in [0.717, 1.165) is 0 Å². The molecule has 0 aromatic carbocycles. The fourth-order valence-electron chi connectivity index (χ4n) is 0. The van der Waals surface area contributed by atoms with Gasteiger partial charge in [-0.05, 0) is 0 Å². The van der Waals surface area contributed by atoms with E-state index in [1.165, 1.54) is 0 Å². The summed E-state index contributed by atoms with van der Waals surface area (Å²) in [4.78, 5) is 0. The largest absolute Gasteiger partial charge is 2.00 e. The molecule has 0 aliphatic rings. The summed E-state index contributed by atoms with van der Waals surface area (Å²) in [5.41, 5.74) is 0. The summed E-state index contributed by atoms with van der Waals surface area (Å²) in [7, 11) is 0. The monoisotopic (exact) mass is 276 g/mol. The van der Waals surface area contributed by atoms with Gasteiger partial charge in [-0.15, -0.1) is 0 Å². The Morgan fingerprint density at radius 1 is 0.500 bits per heavy atom. The van der Waals surface area contributed by atoms with Gasteiger partial charge in [-0.25, -0.2) is 0 Å². The van der Waals surface area contributed by atoms with Crippen LogP contribution in [0.5, 0.6) is 0 Å². The first-order chi connectivity index (χ1) is 0. The summed E-state index contributed by atoms with van der Waals surface area (Å²) in [5.74, 6) is 0. The predicted molar refractivity (Wildman–Crippen MR) is 2.75 cm³/mol. The molecule has 6 heteroatoms. The Hall–Kier alpha value is 1.45. The van der Waals surface area contributed by atoms with E-state index in [0.29, 0.717) is 0 Å². The van der Waals surface area contributed by atoms with E-state index in [2.05, 4.69) is 0 Å². The van der Waals surface area contributed by atoms with Crippen LogP contribution in [0.25, 0.3) is 0 Å². The summed E-state index contributed by atoms with van der Waals surface area (Å²) in [6, 6.07) is 0. The molecule has 0 aliphatic heterocycles. The maximum atomic E-state index is 0. The van der Waals surface area contributed by atoms with Gasteiger partial charge >= 0.3 is 27.3 Å². The second-order valence-corrected chi connectivity index (χ2v) is 0. The van der Waals surface area contributed by atoms with Gasteiger partial charge in [0.05, 0.1) is 0 Å². The van der Waals surface area contributed by atoms with Gasteiger partial charge in [0.15, 0.2) is 0 Å². The Labute approximate surface area is 70.0 Å². The number of hydrogen-bond acceptors (Lipinski definition) is 0. The Bertz CT molecular complexity index is 7.51. The third kappa shape index (κ3) is 51.3. The standard InChI is InChI=1S/Cd.Mo.4O/q+2;;4*-2. The third-order valence-electron chi connectivity index (χ3n) is 0. The number of hydrogen-bond donors (Lipinski definition) is 0. The minimum Gasteiger partial charge on any atom is -2.00 e. The Morgan fingerprint density at radius 2 is 0.500 bits per heavy atom. The van der Waals surface area contributed by atoms with Crippen LogP contribution in [-0.2, 0) is 70.3 Å². The van der Waals surface area contributed by atoms with Crippen LogP contribution in [0, 0.1) is 0 Å². The van der Waals surface area contributed by atoms with Crippen molar-refractivity contribution in [2.75, 3.05) is 0 Å². The average molecular weight is 272 g/mol. The van der Waals surface area contributed by atoms with Crippen molar-refractivity contribution in [1.82, 2.24) is 0 Å². The smallest absolute Gasteiger partial charge is 2.00 e. The molecule has 0 bridgehead atoms. The van der Waals surface area contributed by atoms with Gasteiger partial charge in [-0.1, -0.05) is 0 Å². The van der Waals surface area contributed by atoms with Crippen LogP contribution in [0.1, 0.15) is 0 Å². The molecule has 38 valence electrons. The van der Waals surface area contributed by atoms with Crippen LogP contribution in [0.15, 0.2) is 0 Å². The maximum Gasteiger partial charge on any atom is 2.00 e. The molecule has 0 aromatic heterocycles. The molecule has 0 atom stereocenters. The molecule has 0 fully saturated rings. The first kappa shape index (κ1) is 147. The van der Waals surface area contributed by atoms with Crippen molar-refractivity contribution in [3.8, 4) is 0 Å². The molecule has 0 spiro atoms. The summed E-state index contributed by atoms with van der Waals surface area (Å²) in [6.07, 6.45) is 0. The van der Waals surface area contributed by atoms with Crippen molar-refractivity contribution in [3.63, 3.8) is 0 Å². The molecule has 0 amide bonds. The molecule has 0 aliphatic carbocycles. The van der Waals surface area contributed by atoms with Crippen LogP contribution >= 0.6 is 0 Å². The zero-order valence-electron chi connectivity index (χ0n) is 2.75. The minimum atomic E-state index is 0. The maximum absolute atomic E-state index is 0. The van der Waals surface area contributed by atoms with Gasteiger partial charge in [-0.3, -0.25) is 0 Å². The summed E-state index contributed by atoms with van der Waals surface area (Å²) in [6.45, 7) is 0. The molecule has 0 rings (SSSR count). The van der Waals surface area contributed by atoms with Gasteiger partial charge < -0.3 is 21.9 Å². The molecule has 0 aromatic rings. The summed E-state index contributed by atoms with van der Waals surface area (Å²) in [5, 5.41) is 0. The Morgan fingerprint density at radius 3 is 0.500 bits per heavy atom. The molecule has 0 saturated carbocycles. The second kappa shape index (κ2) is 91.1.